The first kappa shape index (κ1) is 13.9. The van der Waals surface area contributed by atoms with Crippen molar-refractivity contribution in [2.45, 2.75) is 46.0 Å². The second-order valence-corrected chi connectivity index (χ2v) is 5.63. The van der Waals surface area contributed by atoms with Crippen molar-refractivity contribution >= 4 is 17.0 Å². The number of anilines is 1. The zero-order chi connectivity index (χ0) is 13.5. The molecule has 2 rings (SSSR count). The molecule has 2 N–H and O–H groups in total. The molecule has 0 aliphatic rings. The summed E-state index contributed by atoms with van der Waals surface area (Å²) in [6.07, 6.45) is 6.59. The molecule has 3 heteroatoms. The van der Waals surface area contributed by atoms with E-state index in [0.717, 1.165) is 29.4 Å². The number of benzene rings is 1. The van der Waals surface area contributed by atoms with Crippen molar-refractivity contribution in [2.24, 2.45) is 5.92 Å². The number of aromatic nitrogens is 2. The van der Waals surface area contributed by atoms with Gasteiger partial charge in [-0.1, -0.05) is 51.7 Å². The van der Waals surface area contributed by atoms with Crippen LogP contribution in [0.2, 0.25) is 0 Å². The van der Waals surface area contributed by atoms with Gasteiger partial charge in [-0.15, -0.1) is 0 Å². The maximum atomic E-state index is 4.50. The molecule has 0 radical (unpaired) electrons. The Morgan fingerprint density at radius 1 is 1.11 bits per heavy atom. The summed E-state index contributed by atoms with van der Waals surface area (Å²) in [4.78, 5) is 7.79. The molecule has 0 fully saturated rings. The molecular formula is C16H25N3. The molecule has 1 aromatic heterocycles. The molecule has 0 atom stereocenters. The zero-order valence-electron chi connectivity index (χ0n) is 12.1. The van der Waals surface area contributed by atoms with E-state index in [-0.39, 0.29) is 0 Å². The van der Waals surface area contributed by atoms with Crippen LogP contribution >= 0.6 is 0 Å². The van der Waals surface area contributed by atoms with Crippen LogP contribution in [0, 0.1) is 5.92 Å². The fraction of sp³-hybridized carbons (Fsp3) is 0.562. The van der Waals surface area contributed by atoms with E-state index in [1.165, 1.54) is 32.1 Å². The van der Waals surface area contributed by atoms with Crippen LogP contribution in [0.15, 0.2) is 24.3 Å². The lowest BCUT2D eigenvalue weighted by molar-refractivity contribution is 0.523. The van der Waals surface area contributed by atoms with Crippen molar-refractivity contribution in [1.82, 2.24) is 9.97 Å². The van der Waals surface area contributed by atoms with Crippen LogP contribution in [-0.4, -0.2) is 16.5 Å². The highest BCUT2D eigenvalue weighted by molar-refractivity contribution is 5.77. The van der Waals surface area contributed by atoms with Crippen molar-refractivity contribution in [3.63, 3.8) is 0 Å². The van der Waals surface area contributed by atoms with Gasteiger partial charge in [0.2, 0.25) is 5.95 Å². The summed E-state index contributed by atoms with van der Waals surface area (Å²) in [5.74, 6) is 1.73. The molecule has 0 unspecified atom stereocenters. The van der Waals surface area contributed by atoms with Crippen molar-refractivity contribution in [3.05, 3.63) is 24.3 Å². The first-order valence-corrected chi connectivity index (χ1v) is 7.44. The van der Waals surface area contributed by atoms with E-state index in [1.54, 1.807) is 0 Å². The van der Waals surface area contributed by atoms with E-state index in [2.05, 4.69) is 35.2 Å². The fourth-order valence-corrected chi connectivity index (χ4v) is 2.27. The molecule has 0 bridgehead atoms. The second kappa shape index (κ2) is 7.17. The Morgan fingerprint density at radius 3 is 2.68 bits per heavy atom. The molecule has 0 saturated carbocycles. The lowest BCUT2D eigenvalue weighted by Crippen LogP contribution is -2.02. The fourth-order valence-electron chi connectivity index (χ4n) is 2.27. The maximum absolute atomic E-state index is 4.50. The van der Waals surface area contributed by atoms with E-state index in [0.29, 0.717) is 0 Å². The molecule has 2 aromatic rings. The third-order valence-corrected chi connectivity index (χ3v) is 3.39. The first-order chi connectivity index (χ1) is 9.25. The number of hydrogen-bond acceptors (Lipinski definition) is 2. The van der Waals surface area contributed by atoms with Gasteiger partial charge < -0.3 is 10.3 Å². The molecule has 0 amide bonds. The molecule has 19 heavy (non-hydrogen) atoms. The summed E-state index contributed by atoms with van der Waals surface area (Å²) in [5, 5.41) is 3.37. The Bertz CT molecular complexity index is 454. The molecule has 0 aliphatic heterocycles. The van der Waals surface area contributed by atoms with E-state index in [9.17, 15) is 0 Å². The number of H-pyrrole nitrogens is 1. The van der Waals surface area contributed by atoms with Crippen molar-refractivity contribution < 1.29 is 0 Å². The number of rotatable bonds is 8. The summed E-state index contributed by atoms with van der Waals surface area (Å²) in [6, 6.07) is 8.13. The number of unbranched alkanes of at least 4 members (excludes halogenated alkanes) is 3. The van der Waals surface area contributed by atoms with E-state index < -0.39 is 0 Å². The standard InChI is InChI=1S/C16H25N3/c1-13(2)9-5-3-4-8-12-17-16-18-14-10-6-7-11-15(14)19-16/h6-7,10-11,13H,3-5,8-9,12H2,1-2H3,(H2,17,18,19). The number of imidazole rings is 1. The minimum Gasteiger partial charge on any atom is -0.356 e. The van der Waals surface area contributed by atoms with E-state index in [4.69, 9.17) is 0 Å². The van der Waals surface area contributed by atoms with Crippen LogP contribution in [0.25, 0.3) is 11.0 Å². The van der Waals surface area contributed by atoms with Gasteiger partial charge in [0.15, 0.2) is 0 Å². The molecule has 0 saturated heterocycles. The Hall–Kier alpha value is -1.51. The highest BCUT2D eigenvalue weighted by Crippen LogP contribution is 2.13. The normalized spacial score (nSPS) is 11.3. The summed E-state index contributed by atoms with van der Waals surface area (Å²) in [7, 11) is 0. The monoisotopic (exact) mass is 259 g/mol. The number of nitrogens with zero attached hydrogens (tertiary/aromatic N) is 1. The van der Waals surface area contributed by atoms with E-state index >= 15 is 0 Å². The van der Waals surface area contributed by atoms with Gasteiger partial charge in [-0.25, -0.2) is 4.98 Å². The van der Waals surface area contributed by atoms with Gasteiger partial charge >= 0.3 is 0 Å². The minimum absolute atomic E-state index is 0.841. The van der Waals surface area contributed by atoms with Gasteiger partial charge in [-0.05, 0) is 24.5 Å². The lowest BCUT2D eigenvalue weighted by atomic mass is 10.0. The number of nitrogens with one attached hydrogen (secondary N) is 2. The van der Waals surface area contributed by atoms with Gasteiger partial charge in [-0.3, -0.25) is 0 Å². The first-order valence-electron chi connectivity index (χ1n) is 7.44. The molecular weight excluding hydrogens is 234 g/mol. The quantitative estimate of drug-likeness (QED) is 0.681. The van der Waals surface area contributed by atoms with Crippen molar-refractivity contribution in [3.8, 4) is 0 Å². The van der Waals surface area contributed by atoms with Crippen molar-refractivity contribution in [1.29, 1.82) is 0 Å². The lowest BCUT2D eigenvalue weighted by Gasteiger charge is -2.05. The third-order valence-electron chi connectivity index (χ3n) is 3.39. The number of fused-ring (bicyclic) bond motifs is 1. The molecule has 104 valence electrons. The van der Waals surface area contributed by atoms with Gasteiger partial charge in [-0.2, -0.15) is 0 Å². The Morgan fingerprint density at radius 2 is 1.89 bits per heavy atom. The van der Waals surface area contributed by atoms with E-state index in [1.807, 2.05) is 18.2 Å². The second-order valence-electron chi connectivity index (χ2n) is 5.63. The largest absolute Gasteiger partial charge is 0.356 e. The third kappa shape index (κ3) is 4.58. The van der Waals surface area contributed by atoms with Crippen LogP contribution in [0.3, 0.4) is 0 Å². The topological polar surface area (TPSA) is 40.7 Å². The predicted molar refractivity (Wildman–Crippen MR) is 82.5 cm³/mol. The molecule has 0 aliphatic carbocycles. The molecule has 3 nitrogen and oxygen atoms in total. The Balaban J connectivity index is 1.63. The minimum atomic E-state index is 0.841. The SMILES string of the molecule is CC(C)CCCCCCNc1nc2ccccc2[nH]1. The van der Waals surface area contributed by atoms with Crippen LogP contribution < -0.4 is 5.32 Å². The Labute approximate surface area is 115 Å². The summed E-state index contributed by atoms with van der Waals surface area (Å²) < 4.78 is 0. The number of aromatic amines is 1. The summed E-state index contributed by atoms with van der Waals surface area (Å²) >= 11 is 0. The Kier molecular flexibility index (Phi) is 5.25. The zero-order valence-corrected chi connectivity index (χ0v) is 12.1. The molecule has 1 heterocycles. The summed E-state index contributed by atoms with van der Waals surface area (Å²) in [6.45, 7) is 5.59. The average molecular weight is 259 g/mol. The smallest absolute Gasteiger partial charge is 0.201 e. The predicted octanol–water partition coefficient (Wildman–Crippen LogP) is 4.58. The summed E-state index contributed by atoms with van der Waals surface area (Å²) in [5.41, 5.74) is 2.13. The van der Waals surface area contributed by atoms with Crippen LogP contribution in [0.1, 0.15) is 46.0 Å². The van der Waals surface area contributed by atoms with Gasteiger partial charge in [0.05, 0.1) is 11.0 Å². The highest BCUT2D eigenvalue weighted by atomic mass is 15.1. The van der Waals surface area contributed by atoms with Crippen LogP contribution in [0.5, 0.6) is 0 Å². The van der Waals surface area contributed by atoms with Gasteiger partial charge in [0, 0.05) is 6.54 Å². The average Bonchev–Trinajstić information content (AvgIpc) is 2.79. The van der Waals surface area contributed by atoms with Crippen LogP contribution in [-0.2, 0) is 0 Å². The highest BCUT2D eigenvalue weighted by Gasteiger charge is 2.00. The number of hydrogen-bond donors (Lipinski definition) is 2. The van der Waals surface area contributed by atoms with Crippen molar-refractivity contribution in [2.75, 3.05) is 11.9 Å². The van der Waals surface area contributed by atoms with Gasteiger partial charge in [0.25, 0.3) is 0 Å². The molecule has 0 spiro atoms. The maximum Gasteiger partial charge on any atom is 0.201 e. The number of para-hydroxylation sites is 2. The van der Waals surface area contributed by atoms with Crippen LogP contribution in [0.4, 0.5) is 5.95 Å². The van der Waals surface area contributed by atoms with Gasteiger partial charge in [0.1, 0.15) is 0 Å². The molecule has 1 aromatic carbocycles.